The molecule has 2 nitrogen and oxygen atoms in total. The van der Waals surface area contributed by atoms with Crippen molar-refractivity contribution in [1.82, 2.24) is 5.32 Å². The van der Waals surface area contributed by atoms with Crippen LogP contribution in [0.15, 0.2) is 11.6 Å². The van der Waals surface area contributed by atoms with E-state index in [9.17, 15) is 4.79 Å². The van der Waals surface area contributed by atoms with E-state index in [-0.39, 0.29) is 0 Å². The van der Waals surface area contributed by atoms with Crippen LogP contribution in [-0.2, 0) is 4.79 Å². The van der Waals surface area contributed by atoms with Gasteiger partial charge >= 0.3 is 0 Å². The SMILES string of the molecule is CCC(=O)C1=CC2CCC(C1)N2. The summed E-state index contributed by atoms with van der Waals surface area (Å²) in [4.78, 5) is 11.4. The van der Waals surface area contributed by atoms with Crippen LogP contribution in [0.3, 0.4) is 0 Å². The van der Waals surface area contributed by atoms with E-state index in [4.69, 9.17) is 0 Å². The van der Waals surface area contributed by atoms with Crippen LogP contribution < -0.4 is 5.32 Å². The predicted octanol–water partition coefficient (Wildman–Crippen LogP) is 1.42. The highest BCUT2D eigenvalue weighted by atomic mass is 16.1. The second-order valence-corrected chi connectivity index (χ2v) is 3.72. The smallest absolute Gasteiger partial charge is 0.158 e. The van der Waals surface area contributed by atoms with Gasteiger partial charge in [0, 0.05) is 18.5 Å². The molecular weight excluding hydrogens is 150 g/mol. The Morgan fingerprint density at radius 1 is 1.67 bits per heavy atom. The number of nitrogens with one attached hydrogen (secondary N) is 1. The van der Waals surface area contributed by atoms with Gasteiger partial charge < -0.3 is 5.32 Å². The molecule has 2 aliphatic rings. The van der Waals surface area contributed by atoms with Crippen LogP contribution in [0.25, 0.3) is 0 Å². The lowest BCUT2D eigenvalue weighted by atomic mass is 9.98. The molecule has 2 atom stereocenters. The quantitative estimate of drug-likeness (QED) is 0.670. The molecule has 66 valence electrons. The van der Waals surface area contributed by atoms with E-state index in [1.807, 2.05) is 6.92 Å². The first-order valence-electron chi connectivity index (χ1n) is 4.79. The Labute approximate surface area is 73.0 Å². The Bertz CT molecular complexity index is 232. The Morgan fingerprint density at radius 2 is 2.50 bits per heavy atom. The summed E-state index contributed by atoms with van der Waals surface area (Å²) in [5.41, 5.74) is 1.07. The minimum Gasteiger partial charge on any atom is -0.307 e. The number of carbonyl (C=O) groups excluding carboxylic acids is 1. The van der Waals surface area contributed by atoms with Gasteiger partial charge in [-0.05, 0) is 24.8 Å². The largest absolute Gasteiger partial charge is 0.307 e. The van der Waals surface area contributed by atoms with Crippen molar-refractivity contribution >= 4 is 5.78 Å². The van der Waals surface area contributed by atoms with Gasteiger partial charge in [0.25, 0.3) is 0 Å². The number of Topliss-reactive ketones (excluding diaryl/α,β-unsaturated/α-hetero) is 1. The summed E-state index contributed by atoms with van der Waals surface area (Å²) < 4.78 is 0. The van der Waals surface area contributed by atoms with Gasteiger partial charge in [-0.15, -0.1) is 0 Å². The maximum atomic E-state index is 11.4. The van der Waals surface area contributed by atoms with Gasteiger partial charge in [0.2, 0.25) is 0 Å². The van der Waals surface area contributed by atoms with Crippen molar-refractivity contribution in [1.29, 1.82) is 0 Å². The molecule has 1 fully saturated rings. The van der Waals surface area contributed by atoms with Crippen LogP contribution in [0, 0.1) is 0 Å². The van der Waals surface area contributed by atoms with Crippen LogP contribution in [0.2, 0.25) is 0 Å². The van der Waals surface area contributed by atoms with Crippen molar-refractivity contribution in [2.75, 3.05) is 0 Å². The molecule has 0 aliphatic carbocycles. The molecule has 2 heterocycles. The molecule has 2 rings (SSSR count). The summed E-state index contributed by atoms with van der Waals surface area (Å²) in [6.07, 6.45) is 6.20. The molecule has 12 heavy (non-hydrogen) atoms. The van der Waals surface area contributed by atoms with E-state index in [1.54, 1.807) is 0 Å². The minimum absolute atomic E-state index is 0.341. The molecule has 0 amide bonds. The summed E-state index contributed by atoms with van der Waals surface area (Å²) in [6.45, 7) is 1.94. The van der Waals surface area contributed by atoms with Crippen LogP contribution in [0.1, 0.15) is 32.6 Å². The number of rotatable bonds is 2. The van der Waals surface area contributed by atoms with Crippen molar-refractivity contribution in [3.8, 4) is 0 Å². The summed E-state index contributed by atoms with van der Waals surface area (Å²) in [5, 5.41) is 3.47. The molecule has 0 aromatic carbocycles. The number of fused-ring (bicyclic) bond motifs is 2. The van der Waals surface area contributed by atoms with E-state index in [1.165, 1.54) is 12.8 Å². The van der Waals surface area contributed by atoms with Gasteiger partial charge in [-0.1, -0.05) is 13.0 Å². The van der Waals surface area contributed by atoms with E-state index in [2.05, 4.69) is 11.4 Å². The molecule has 1 saturated heterocycles. The normalized spacial score (nSPS) is 33.2. The molecule has 1 N–H and O–H groups in total. The van der Waals surface area contributed by atoms with Gasteiger partial charge in [0.15, 0.2) is 5.78 Å². The minimum atomic E-state index is 0.341. The fourth-order valence-electron chi connectivity index (χ4n) is 2.15. The van der Waals surface area contributed by atoms with E-state index in [0.29, 0.717) is 24.3 Å². The van der Waals surface area contributed by atoms with Gasteiger partial charge in [-0.2, -0.15) is 0 Å². The molecule has 0 saturated carbocycles. The second-order valence-electron chi connectivity index (χ2n) is 3.72. The number of hydrogen-bond donors (Lipinski definition) is 1. The van der Waals surface area contributed by atoms with Crippen molar-refractivity contribution < 1.29 is 4.79 Å². The van der Waals surface area contributed by atoms with E-state index >= 15 is 0 Å². The molecule has 0 aromatic rings. The second kappa shape index (κ2) is 3.02. The van der Waals surface area contributed by atoms with Crippen LogP contribution >= 0.6 is 0 Å². The van der Waals surface area contributed by atoms with E-state index in [0.717, 1.165) is 12.0 Å². The topological polar surface area (TPSA) is 29.1 Å². The lowest BCUT2D eigenvalue weighted by molar-refractivity contribution is -0.115. The molecule has 2 heteroatoms. The van der Waals surface area contributed by atoms with Gasteiger partial charge in [0.05, 0.1) is 0 Å². The van der Waals surface area contributed by atoms with Crippen molar-refractivity contribution in [3.05, 3.63) is 11.6 Å². The zero-order valence-corrected chi connectivity index (χ0v) is 7.47. The van der Waals surface area contributed by atoms with Crippen molar-refractivity contribution in [2.45, 2.75) is 44.7 Å². The average Bonchev–Trinajstić information content (AvgIpc) is 2.44. The van der Waals surface area contributed by atoms with E-state index < -0.39 is 0 Å². The molecule has 2 bridgehead atoms. The highest BCUT2D eigenvalue weighted by Crippen LogP contribution is 2.26. The summed E-state index contributed by atoms with van der Waals surface area (Å²) in [5.74, 6) is 0.341. The number of carbonyl (C=O) groups is 1. The highest BCUT2D eigenvalue weighted by molar-refractivity contribution is 5.95. The first-order chi connectivity index (χ1) is 5.79. The van der Waals surface area contributed by atoms with Crippen LogP contribution in [-0.4, -0.2) is 17.9 Å². The van der Waals surface area contributed by atoms with Crippen LogP contribution in [0.5, 0.6) is 0 Å². The maximum absolute atomic E-state index is 11.4. The third-order valence-electron chi connectivity index (χ3n) is 2.82. The van der Waals surface area contributed by atoms with Crippen molar-refractivity contribution in [2.24, 2.45) is 0 Å². The monoisotopic (exact) mass is 165 g/mol. The Morgan fingerprint density at radius 3 is 3.17 bits per heavy atom. The Kier molecular flexibility index (Phi) is 2.01. The molecular formula is C10H15NO. The Hall–Kier alpha value is -0.630. The lowest BCUT2D eigenvalue weighted by Crippen LogP contribution is -2.33. The summed E-state index contributed by atoms with van der Waals surface area (Å²) >= 11 is 0. The molecule has 0 radical (unpaired) electrons. The standard InChI is InChI=1S/C10H15NO/c1-2-10(12)7-5-8-3-4-9(6-7)11-8/h5,8-9,11H,2-4,6H2,1H3. The van der Waals surface area contributed by atoms with Crippen LogP contribution in [0.4, 0.5) is 0 Å². The lowest BCUT2D eigenvalue weighted by Gasteiger charge is -2.19. The zero-order chi connectivity index (χ0) is 8.55. The fourth-order valence-corrected chi connectivity index (χ4v) is 2.15. The fraction of sp³-hybridized carbons (Fsp3) is 0.700. The average molecular weight is 165 g/mol. The van der Waals surface area contributed by atoms with Gasteiger partial charge in [0.1, 0.15) is 0 Å². The number of ketones is 1. The zero-order valence-electron chi connectivity index (χ0n) is 7.47. The third-order valence-corrected chi connectivity index (χ3v) is 2.82. The first kappa shape index (κ1) is 7.99. The summed E-state index contributed by atoms with van der Waals surface area (Å²) in [6, 6.07) is 1.08. The van der Waals surface area contributed by atoms with Gasteiger partial charge in [-0.25, -0.2) is 0 Å². The Balaban J connectivity index is 2.13. The molecule has 2 unspecified atom stereocenters. The maximum Gasteiger partial charge on any atom is 0.158 e. The third kappa shape index (κ3) is 1.31. The van der Waals surface area contributed by atoms with Gasteiger partial charge in [-0.3, -0.25) is 4.79 Å². The predicted molar refractivity (Wildman–Crippen MR) is 47.9 cm³/mol. The number of hydrogen-bond acceptors (Lipinski definition) is 2. The van der Waals surface area contributed by atoms with Crippen molar-refractivity contribution in [3.63, 3.8) is 0 Å². The highest BCUT2D eigenvalue weighted by Gasteiger charge is 2.29. The molecule has 0 aromatic heterocycles. The molecule has 0 spiro atoms. The summed E-state index contributed by atoms with van der Waals surface area (Å²) in [7, 11) is 0. The molecule has 2 aliphatic heterocycles. The first-order valence-corrected chi connectivity index (χ1v) is 4.79.